The molecule has 0 aliphatic carbocycles. The van der Waals surface area contributed by atoms with Gasteiger partial charge in [-0.3, -0.25) is 4.99 Å². The summed E-state index contributed by atoms with van der Waals surface area (Å²) in [7, 11) is 0. The van der Waals surface area contributed by atoms with Gasteiger partial charge in [-0.1, -0.05) is 24.3 Å². The number of halogens is 1. The second kappa shape index (κ2) is 4.57. The van der Waals surface area contributed by atoms with Gasteiger partial charge in [0.05, 0.1) is 5.69 Å². The standard InChI is InChI=1S/C13H10FNO/c14-11-6-2-3-7-12(11)15-9-10-5-1-4-8-13(10)16/h1-9,16H/b15-9+. The van der Waals surface area contributed by atoms with E-state index in [1.54, 1.807) is 42.5 Å². The molecule has 2 aromatic carbocycles. The van der Waals surface area contributed by atoms with E-state index in [0.717, 1.165) is 0 Å². The fourth-order valence-electron chi connectivity index (χ4n) is 1.29. The molecule has 0 heterocycles. The summed E-state index contributed by atoms with van der Waals surface area (Å²) in [6.45, 7) is 0. The average Bonchev–Trinajstić information content (AvgIpc) is 2.30. The van der Waals surface area contributed by atoms with E-state index in [1.165, 1.54) is 12.3 Å². The topological polar surface area (TPSA) is 32.6 Å². The molecule has 0 aromatic heterocycles. The van der Waals surface area contributed by atoms with Crippen LogP contribution in [0.1, 0.15) is 5.56 Å². The van der Waals surface area contributed by atoms with E-state index < -0.39 is 0 Å². The Balaban J connectivity index is 2.29. The van der Waals surface area contributed by atoms with Crippen LogP contribution in [0, 0.1) is 5.82 Å². The van der Waals surface area contributed by atoms with Crippen LogP contribution in [0.2, 0.25) is 0 Å². The summed E-state index contributed by atoms with van der Waals surface area (Å²) >= 11 is 0. The first-order chi connectivity index (χ1) is 7.77. The third-order valence-corrected chi connectivity index (χ3v) is 2.13. The van der Waals surface area contributed by atoms with E-state index >= 15 is 0 Å². The zero-order chi connectivity index (χ0) is 11.4. The molecule has 0 saturated carbocycles. The second-order valence-electron chi connectivity index (χ2n) is 3.27. The van der Waals surface area contributed by atoms with Crippen LogP contribution < -0.4 is 0 Å². The SMILES string of the molecule is Oc1ccccc1/C=N/c1ccccc1F. The molecule has 0 amide bonds. The lowest BCUT2D eigenvalue weighted by Gasteiger charge is -1.97. The third kappa shape index (κ3) is 2.25. The van der Waals surface area contributed by atoms with Gasteiger partial charge in [0.15, 0.2) is 0 Å². The first kappa shape index (κ1) is 10.4. The molecule has 0 atom stereocenters. The van der Waals surface area contributed by atoms with Crippen molar-refractivity contribution < 1.29 is 9.50 Å². The van der Waals surface area contributed by atoms with Gasteiger partial charge in [0, 0.05) is 11.8 Å². The van der Waals surface area contributed by atoms with Crippen LogP contribution in [0.25, 0.3) is 0 Å². The highest BCUT2D eigenvalue weighted by atomic mass is 19.1. The van der Waals surface area contributed by atoms with Crippen molar-refractivity contribution in [2.24, 2.45) is 4.99 Å². The van der Waals surface area contributed by atoms with Gasteiger partial charge < -0.3 is 5.11 Å². The Kier molecular flexibility index (Phi) is 2.96. The molecular weight excluding hydrogens is 205 g/mol. The maximum Gasteiger partial charge on any atom is 0.148 e. The highest BCUT2D eigenvalue weighted by Gasteiger charge is 1.98. The first-order valence-electron chi connectivity index (χ1n) is 4.84. The Hall–Kier alpha value is -2.16. The van der Waals surface area contributed by atoms with E-state index in [1.807, 2.05) is 0 Å². The van der Waals surface area contributed by atoms with Crippen LogP contribution >= 0.6 is 0 Å². The Morgan fingerprint density at radius 1 is 1.00 bits per heavy atom. The molecule has 0 aliphatic heterocycles. The van der Waals surface area contributed by atoms with Crippen molar-refractivity contribution in [3.8, 4) is 5.75 Å². The molecule has 80 valence electrons. The van der Waals surface area contributed by atoms with Gasteiger partial charge in [-0.2, -0.15) is 0 Å². The predicted molar refractivity (Wildman–Crippen MR) is 61.8 cm³/mol. The Labute approximate surface area is 92.7 Å². The number of hydrogen-bond donors (Lipinski definition) is 1. The van der Waals surface area contributed by atoms with Crippen molar-refractivity contribution in [2.75, 3.05) is 0 Å². The third-order valence-electron chi connectivity index (χ3n) is 2.13. The minimum Gasteiger partial charge on any atom is -0.507 e. The van der Waals surface area contributed by atoms with Crippen LogP contribution in [-0.2, 0) is 0 Å². The van der Waals surface area contributed by atoms with Crippen molar-refractivity contribution in [1.29, 1.82) is 0 Å². The van der Waals surface area contributed by atoms with Crippen molar-refractivity contribution in [1.82, 2.24) is 0 Å². The van der Waals surface area contributed by atoms with Gasteiger partial charge >= 0.3 is 0 Å². The van der Waals surface area contributed by atoms with Gasteiger partial charge in [-0.15, -0.1) is 0 Å². The molecule has 3 heteroatoms. The number of hydrogen-bond acceptors (Lipinski definition) is 2. The fourth-order valence-corrected chi connectivity index (χ4v) is 1.29. The minimum atomic E-state index is -0.380. The maximum atomic E-state index is 13.2. The summed E-state index contributed by atoms with van der Waals surface area (Å²) in [6, 6.07) is 13.0. The highest BCUT2D eigenvalue weighted by molar-refractivity contribution is 5.85. The van der Waals surface area contributed by atoms with E-state index in [0.29, 0.717) is 5.56 Å². The largest absolute Gasteiger partial charge is 0.507 e. The molecule has 0 fully saturated rings. The molecule has 2 rings (SSSR count). The van der Waals surface area contributed by atoms with Gasteiger partial charge in [-0.25, -0.2) is 4.39 Å². The van der Waals surface area contributed by atoms with Crippen LogP contribution in [0.15, 0.2) is 53.5 Å². The molecule has 0 aliphatic rings. The van der Waals surface area contributed by atoms with E-state index in [2.05, 4.69) is 4.99 Å². The number of benzene rings is 2. The number of phenols is 1. The van der Waals surface area contributed by atoms with Crippen LogP contribution in [-0.4, -0.2) is 11.3 Å². The molecule has 0 bridgehead atoms. The quantitative estimate of drug-likeness (QED) is 0.766. The Morgan fingerprint density at radius 2 is 1.69 bits per heavy atom. The number of para-hydroxylation sites is 2. The number of aromatic hydroxyl groups is 1. The molecule has 16 heavy (non-hydrogen) atoms. The van der Waals surface area contributed by atoms with Crippen LogP contribution in [0.5, 0.6) is 5.75 Å². The molecule has 2 nitrogen and oxygen atoms in total. The molecule has 0 spiro atoms. The fraction of sp³-hybridized carbons (Fsp3) is 0. The highest BCUT2D eigenvalue weighted by Crippen LogP contribution is 2.18. The molecule has 0 radical (unpaired) electrons. The van der Waals surface area contributed by atoms with Crippen LogP contribution in [0.4, 0.5) is 10.1 Å². The van der Waals surface area contributed by atoms with Crippen molar-refractivity contribution in [2.45, 2.75) is 0 Å². The number of rotatable bonds is 2. The van der Waals surface area contributed by atoms with Crippen molar-refractivity contribution in [3.63, 3.8) is 0 Å². The van der Waals surface area contributed by atoms with Crippen LogP contribution in [0.3, 0.4) is 0 Å². The lowest BCUT2D eigenvalue weighted by molar-refractivity contribution is 0.474. The van der Waals surface area contributed by atoms with Crippen molar-refractivity contribution in [3.05, 3.63) is 59.9 Å². The smallest absolute Gasteiger partial charge is 0.148 e. The zero-order valence-corrected chi connectivity index (χ0v) is 8.47. The first-order valence-corrected chi connectivity index (χ1v) is 4.84. The van der Waals surface area contributed by atoms with Gasteiger partial charge in [0.25, 0.3) is 0 Å². The predicted octanol–water partition coefficient (Wildman–Crippen LogP) is 3.28. The summed E-state index contributed by atoms with van der Waals surface area (Å²) in [4.78, 5) is 3.98. The Bertz CT molecular complexity index is 475. The van der Waals surface area contributed by atoms with E-state index in [-0.39, 0.29) is 17.3 Å². The summed E-state index contributed by atoms with van der Waals surface area (Å²) in [5.74, 6) is -0.253. The van der Waals surface area contributed by atoms with E-state index in [4.69, 9.17) is 0 Å². The molecule has 1 N–H and O–H groups in total. The summed E-state index contributed by atoms with van der Waals surface area (Å²) in [5.41, 5.74) is 0.816. The summed E-state index contributed by atoms with van der Waals surface area (Å²) in [5, 5.41) is 9.47. The molecule has 0 unspecified atom stereocenters. The average molecular weight is 215 g/mol. The number of nitrogens with zero attached hydrogens (tertiary/aromatic N) is 1. The zero-order valence-electron chi connectivity index (χ0n) is 8.47. The van der Waals surface area contributed by atoms with Gasteiger partial charge in [-0.05, 0) is 24.3 Å². The summed E-state index contributed by atoms with van der Waals surface area (Å²) < 4.78 is 13.2. The van der Waals surface area contributed by atoms with Gasteiger partial charge in [0.1, 0.15) is 11.6 Å². The molecule has 0 saturated heterocycles. The maximum absolute atomic E-state index is 13.2. The normalized spacial score (nSPS) is 10.8. The Morgan fingerprint density at radius 3 is 2.44 bits per heavy atom. The number of aliphatic imine (C=N–C) groups is 1. The minimum absolute atomic E-state index is 0.127. The molecule has 2 aromatic rings. The summed E-state index contributed by atoms with van der Waals surface area (Å²) in [6.07, 6.45) is 1.44. The monoisotopic (exact) mass is 215 g/mol. The number of phenolic OH excluding ortho intramolecular Hbond substituents is 1. The van der Waals surface area contributed by atoms with E-state index in [9.17, 15) is 9.50 Å². The second-order valence-corrected chi connectivity index (χ2v) is 3.27. The lowest BCUT2D eigenvalue weighted by Crippen LogP contribution is -1.82. The van der Waals surface area contributed by atoms with Gasteiger partial charge in [0.2, 0.25) is 0 Å². The van der Waals surface area contributed by atoms with Crippen molar-refractivity contribution >= 4 is 11.9 Å². The lowest BCUT2D eigenvalue weighted by atomic mass is 10.2. The molecular formula is C13H10FNO.